The highest BCUT2D eigenvalue weighted by Gasteiger charge is 2.25. The smallest absolute Gasteiger partial charge is 0.161 e. The summed E-state index contributed by atoms with van der Waals surface area (Å²) in [7, 11) is 0. The Morgan fingerprint density at radius 1 is 1.18 bits per heavy atom. The lowest BCUT2D eigenvalue weighted by molar-refractivity contribution is -0.139. The number of ketones is 1. The second-order valence-electron chi connectivity index (χ2n) is 7.18. The van der Waals surface area contributed by atoms with E-state index in [2.05, 4.69) is 5.10 Å². The third kappa shape index (κ3) is 4.61. The average molecular weight is 399 g/mol. The van der Waals surface area contributed by atoms with Gasteiger partial charge >= 0.3 is 0 Å². The summed E-state index contributed by atoms with van der Waals surface area (Å²) >= 11 is 6.32. The maximum atomic E-state index is 11.7. The summed E-state index contributed by atoms with van der Waals surface area (Å²) in [5.74, 6) is 0.134. The number of ether oxygens (including phenoxy) is 1. The van der Waals surface area contributed by atoms with Gasteiger partial charge in [-0.1, -0.05) is 41.9 Å². The molecule has 0 atom stereocenters. The molecule has 2 aromatic carbocycles. The fourth-order valence-corrected chi connectivity index (χ4v) is 2.90. The van der Waals surface area contributed by atoms with Gasteiger partial charge < -0.3 is 9.84 Å². The van der Waals surface area contributed by atoms with Gasteiger partial charge in [0.05, 0.1) is 24.5 Å². The molecule has 3 aromatic rings. The van der Waals surface area contributed by atoms with Gasteiger partial charge in [0.1, 0.15) is 11.4 Å². The van der Waals surface area contributed by atoms with Crippen LogP contribution in [-0.4, -0.2) is 26.3 Å². The number of nitrogens with zero attached hydrogens (tertiary/aromatic N) is 2. The van der Waals surface area contributed by atoms with Gasteiger partial charge in [0.25, 0.3) is 0 Å². The minimum atomic E-state index is -0.877. The molecule has 0 unspecified atom stereocenters. The molecular weight excluding hydrogens is 376 g/mol. The predicted molar refractivity (Wildman–Crippen MR) is 109 cm³/mol. The Morgan fingerprint density at radius 3 is 2.61 bits per heavy atom. The van der Waals surface area contributed by atoms with Gasteiger partial charge in [-0.2, -0.15) is 5.10 Å². The van der Waals surface area contributed by atoms with Crippen LogP contribution in [-0.2, 0) is 22.7 Å². The second kappa shape index (κ2) is 8.17. The van der Waals surface area contributed by atoms with E-state index in [0.29, 0.717) is 17.3 Å². The van der Waals surface area contributed by atoms with E-state index < -0.39 is 5.60 Å². The molecule has 0 fully saturated rings. The Balaban J connectivity index is 1.95. The number of carbonyl (C=O) groups excluding carboxylic acids is 1. The van der Waals surface area contributed by atoms with Crippen molar-refractivity contribution in [3.05, 3.63) is 70.9 Å². The van der Waals surface area contributed by atoms with Crippen molar-refractivity contribution in [2.75, 3.05) is 0 Å². The van der Waals surface area contributed by atoms with E-state index in [4.69, 9.17) is 16.3 Å². The van der Waals surface area contributed by atoms with Crippen molar-refractivity contribution in [2.45, 2.75) is 39.5 Å². The molecule has 5 nitrogen and oxygen atoms in total. The van der Waals surface area contributed by atoms with Crippen LogP contribution in [0.3, 0.4) is 0 Å². The third-order valence-corrected chi connectivity index (χ3v) is 5.05. The molecule has 146 valence electrons. The van der Waals surface area contributed by atoms with Crippen LogP contribution in [0, 0.1) is 0 Å². The zero-order valence-electron chi connectivity index (χ0n) is 16.1. The van der Waals surface area contributed by atoms with Crippen molar-refractivity contribution < 1.29 is 14.6 Å². The molecule has 0 radical (unpaired) electrons. The number of hydrogen-bond donors (Lipinski definition) is 1. The zero-order valence-corrected chi connectivity index (χ0v) is 16.9. The Hall–Kier alpha value is -2.63. The number of halogens is 1. The van der Waals surface area contributed by atoms with E-state index >= 15 is 0 Å². The number of Topliss-reactive ketones (excluding diaryl/α,β-unsaturated/α-hetero) is 1. The highest BCUT2D eigenvalue weighted by molar-refractivity contribution is 6.31. The SMILES string of the molecule is CC(=O)C(C)(C)OCc1cc(-c2cccc(O)c2)n(Cc2ccccc2Cl)n1. The van der Waals surface area contributed by atoms with E-state index in [1.807, 2.05) is 41.1 Å². The fourth-order valence-electron chi connectivity index (χ4n) is 2.70. The van der Waals surface area contributed by atoms with Crippen molar-refractivity contribution in [3.8, 4) is 17.0 Å². The molecule has 1 heterocycles. The monoisotopic (exact) mass is 398 g/mol. The minimum Gasteiger partial charge on any atom is -0.508 e. The molecule has 3 rings (SSSR count). The lowest BCUT2D eigenvalue weighted by atomic mass is 10.1. The van der Waals surface area contributed by atoms with Crippen LogP contribution in [0.4, 0.5) is 0 Å². The molecule has 1 aromatic heterocycles. The number of phenolic OH excluding ortho intramolecular Hbond substituents is 1. The van der Waals surface area contributed by atoms with Crippen LogP contribution in [0.2, 0.25) is 5.02 Å². The van der Waals surface area contributed by atoms with E-state index in [9.17, 15) is 9.90 Å². The Morgan fingerprint density at radius 2 is 1.93 bits per heavy atom. The normalized spacial score (nSPS) is 11.6. The largest absolute Gasteiger partial charge is 0.508 e. The van der Waals surface area contributed by atoms with Gasteiger partial charge in [0.2, 0.25) is 0 Å². The van der Waals surface area contributed by atoms with E-state index in [1.54, 1.807) is 32.0 Å². The van der Waals surface area contributed by atoms with Crippen LogP contribution in [0.1, 0.15) is 32.0 Å². The second-order valence-corrected chi connectivity index (χ2v) is 7.58. The number of phenols is 1. The van der Waals surface area contributed by atoms with Crippen LogP contribution in [0.25, 0.3) is 11.3 Å². The van der Waals surface area contributed by atoms with E-state index in [-0.39, 0.29) is 18.1 Å². The summed E-state index contributed by atoms with van der Waals surface area (Å²) in [5.41, 5.74) is 2.41. The first-order valence-corrected chi connectivity index (χ1v) is 9.38. The topological polar surface area (TPSA) is 64.3 Å². The van der Waals surface area contributed by atoms with Crippen LogP contribution < -0.4 is 0 Å². The van der Waals surface area contributed by atoms with Gasteiger partial charge in [0, 0.05) is 10.6 Å². The van der Waals surface area contributed by atoms with E-state index in [1.165, 1.54) is 6.92 Å². The number of aromatic nitrogens is 2. The number of aromatic hydroxyl groups is 1. The Kier molecular flexibility index (Phi) is 5.87. The molecule has 0 spiro atoms. The summed E-state index contributed by atoms with van der Waals surface area (Å²) in [5, 5.41) is 15.2. The number of hydrogen-bond acceptors (Lipinski definition) is 4. The first kappa shape index (κ1) is 20.1. The Labute approximate surface area is 169 Å². The highest BCUT2D eigenvalue weighted by atomic mass is 35.5. The van der Waals surface area contributed by atoms with Gasteiger partial charge in [-0.05, 0) is 50.6 Å². The maximum absolute atomic E-state index is 11.7. The molecule has 0 saturated heterocycles. The molecule has 0 aliphatic heterocycles. The van der Waals surface area contributed by atoms with Crippen molar-refractivity contribution >= 4 is 17.4 Å². The van der Waals surface area contributed by atoms with Gasteiger partial charge in [0.15, 0.2) is 5.78 Å². The van der Waals surface area contributed by atoms with Crippen molar-refractivity contribution in [1.29, 1.82) is 0 Å². The lowest BCUT2D eigenvalue weighted by Gasteiger charge is -2.21. The quantitative estimate of drug-likeness (QED) is 0.618. The van der Waals surface area contributed by atoms with Crippen LogP contribution >= 0.6 is 11.6 Å². The molecule has 0 bridgehead atoms. The highest BCUT2D eigenvalue weighted by Crippen LogP contribution is 2.27. The lowest BCUT2D eigenvalue weighted by Crippen LogP contribution is -2.32. The summed E-state index contributed by atoms with van der Waals surface area (Å²) in [6, 6.07) is 16.5. The van der Waals surface area contributed by atoms with Crippen molar-refractivity contribution in [1.82, 2.24) is 9.78 Å². The van der Waals surface area contributed by atoms with Gasteiger partial charge in [-0.3, -0.25) is 9.48 Å². The average Bonchev–Trinajstić information content (AvgIpc) is 3.05. The van der Waals surface area contributed by atoms with Crippen LogP contribution in [0.5, 0.6) is 5.75 Å². The Bertz CT molecular complexity index is 995. The fraction of sp³-hybridized carbons (Fsp3) is 0.273. The van der Waals surface area contributed by atoms with E-state index in [0.717, 1.165) is 16.8 Å². The summed E-state index contributed by atoms with van der Waals surface area (Å²) in [6.07, 6.45) is 0. The molecule has 6 heteroatoms. The number of benzene rings is 2. The predicted octanol–water partition coefficient (Wildman–Crippen LogP) is 4.84. The summed E-state index contributed by atoms with van der Waals surface area (Å²) in [4.78, 5) is 11.7. The number of carbonyl (C=O) groups is 1. The standard InChI is InChI=1S/C22H23ClN2O3/c1-15(26)22(2,3)28-14-18-12-21(16-8-6-9-19(27)11-16)25(24-18)13-17-7-4-5-10-20(17)23/h4-12,27H,13-14H2,1-3H3. The molecular formula is C22H23ClN2O3. The zero-order chi connectivity index (χ0) is 20.3. The van der Waals surface area contributed by atoms with Crippen LogP contribution in [0.15, 0.2) is 54.6 Å². The molecule has 1 N–H and O–H groups in total. The third-order valence-electron chi connectivity index (χ3n) is 4.68. The van der Waals surface area contributed by atoms with Crippen molar-refractivity contribution in [2.24, 2.45) is 0 Å². The van der Waals surface area contributed by atoms with Gasteiger partial charge in [-0.25, -0.2) is 0 Å². The first-order valence-electron chi connectivity index (χ1n) is 9.01. The molecule has 0 aliphatic rings. The van der Waals surface area contributed by atoms with Gasteiger partial charge in [-0.15, -0.1) is 0 Å². The first-order chi connectivity index (χ1) is 13.3. The molecule has 0 aliphatic carbocycles. The van der Waals surface area contributed by atoms with Crippen molar-refractivity contribution in [3.63, 3.8) is 0 Å². The minimum absolute atomic E-state index is 0.0452. The number of rotatable bonds is 7. The molecule has 0 amide bonds. The summed E-state index contributed by atoms with van der Waals surface area (Å²) in [6.45, 7) is 5.67. The maximum Gasteiger partial charge on any atom is 0.161 e. The summed E-state index contributed by atoms with van der Waals surface area (Å²) < 4.78 is 7.61. The molecule has 28 heavy (non-hydrogen) atoms. The molecule has 0 saturated carbocycles.